The monoisotopic (exact) mass is 322 g/mol. The fourth-order valence-electron chi connectivity index (χ4n) is 2.03. The number of aliphatic imine (C=N–C) groups is 2. The lowest BCUT2D eigenvalue weighted by atomic mass is 10.1. The Morgan fingerprint density at radius 3 is 1.65 bits per heavy atom. The van der Waals surface area contributed by atoms with Crippen molar-refractivity contribution in [2.24, 2.45) is 32.0 Å². The van der Waals surface area contributed by atoms with E-state index in [1.54, 1.807) is 0 Å². The second-order valence-electron chi connectivity index (χ2n) is 4.84. The lowest BCUT2D eigenvalue weighted by molar-refractivity contribution is -0.00100. The van der Waals surface area contributed by atoms with Crippen molar-refractivity contribution in [3.05, 3.63) is 0 Å². The van der Waals surface area contributed by atoms with Gasteiger partial charge in [-0.2, -0.15) is 10.2 Å². The summed E-state index contributed by atoms with van der Waals surface area (Å²) in [6.45, 7) is 9.36. The van der Waals surface area contributed by atoms with Crippen LogP contribution in [0.3, 0.4) is 0 Å². The van der Waals surface area contributed by atoms with Crippen LogP contribution in [-0.2, 0) is 0 Å². The molecule has 0 saturated carbocycles. The molecule has 8 heteroatoms. The summed E-state index contributed by atoms with van der Waals surface area (Å²) in [5, 5.41) is 15.0. The van der Waals surface area contributed by atoms with Gasteiger partial charge in [-0.3, -0.25) is 9.98 Å². The van der Waals surface area contributed by atoms with E-state index in [9.17, 15) is 0 Å². The molecule has 0 aromatic heterocycles. The average molecular weight is 323 g/mol. The van der Waals surface area contributed by atoms with E-state index >= 15 is 0 Å². The van der Waals surface area contributed by atoms with Crippen molar-refractivity contribution < 1.29 is 27.7 Å². The van der Waals surface area contributed by atoms with E-state index in [1.165, 1.54) is 0 Å². The van der Waals surface area contributed by atoms with E-state index in [2.05, 4.69) is 44.7 Å². The molecule has 0 aromatic rings. The zero-order valence-corrected chi connectivity index (χ0v) is 13.5. The predicted octanol–water partition coefficient (Wildman–Crippen LogP) is -5.05. The zero-order chi connectivity index (χ0) is 12.8. The Balaban J connectivity index is -0.000000902. The maximum atomic E-state index is 4.39. The van der Waals surface area contributed by atoms with Crippen LogP contribution >= 0.6 is 0 Å². The Morgan fingerprint density at radius 2 is 1.35 bits per heavy atom. The van der Waals surface area contributed by atoms with E-state index in [4.69, 9.17) is 0 Å². The number of hydrogen-bond acceptors (Lipinski definition) is 6. The molecule has 2 N–H and O–H groups in total. The van der Waals surface area contributed by atoms with Crippen molar-refractivity contribution in [2.75, 3.05) is 39.3 Å². The molecular weight excluding hydrogens is 299 g/mol. The lowest BCUT2D eigenvalue weighted by Gasteiger charge is -2.09. The largest absolute Gasteiger partial charge is 1.00 e. The fourth-order valence-corrected chi connectivity index (χ4v) is 2.03. The van der Waals surface area contributed by atoms with Crippen LogP contribution in [0, 0.1) is 11.8 Å². The first-order valence-corrected chi connectivity index (χ1v) is 6.67. The van der Waals surface area contributed by atoms with Crippen LogP contribution < -0.4 is 35.4 Å². The van der Waals surface area contributed by atoms with E-state index in [0.29, 0.717) is 24.9 Å². The Kier molecular flexibility index (Phi) is 9.50. The summed E-state index contributed by atoms with van der Waals surface area (Å²) in [4.78, 5) is 8.77. The number of nitrogens with one attached hydrogen (secondary N) is 2. The van der Waals surface area contributed by atoms with Gasteiger partial charge in [0.1, 0.15) is 11.7 Å². The standard InChI is InChI=1S/C12H22N6.2ClH/c1-9(11-13-3-4-14-11)7-17-18-8-10(2)12-15-5-6-16-12;;/h9-10H,3-8H2,1-2H3,(H,13,14)(H,15,16);2*1H. The lowest BCUT2D eigenvalue weighted by Crippen LogP contribution is -3.00. The Bertz CT molecular complexity index is 345. The van der Waals surface area contributed by atoms with Gasteiger partial charge in [0.15, 0.2) is 0 Å². The molecule has 2 unspecified atom stereocenters. The number of hydrogen-bond donors (Lipinski definition) is 2. The van der Waals surface area contributed by atoms with Gasteiger partial charge in [0, 0.05) is 24.9 Å². The summed E-state index contributed by atoms with van der Waals surface area (Å²) in [5.41, 5.74) is 0. The highest BCUT2D eigenvalue weighted by molar-refractivity contribution is 5.86. The zero-order valence-electron chi connectivity index (χ0n) is 13.9. The highest BCUT2D eigenvalue weighted by Crippen LogP contribution is 2.04. The molecule has 0 radical (unpaired) electrons. The maximum Gasteiger partial charge on any atom is 1.00 e. The van der Waals surface area contributed by atoms with Crippen LogP contribution in [-0.4, -0.2) is 50.9 Å². The summed E-state index contributed by atoms with van der Waals surface area (Å²) >= 11 is 0. The minimum atomic E-state index is 0. The van der Waals surface area contributed by atoms with Crippen molar-refractivity contribution in [1.82, 2.24) is 10.6 Å². The molecule has 20 heavy (non-hydrogen) atoms. The van der Waals surface area contributed by atoms with E-state index in [-0.39, 0.29) is 27.7 Å². The number of azo groups is 1. The number of amidine groups is 2. The van der Waals surface area contributed by atoms with Crippen LogP contribution in [0.25, 0.3) is 0 Å². The van der Waals surface area contributed by atoms with Gasteiger partial charge in [0.25, 0.3) is 0 Å². The molecule has 2 rings (SSSR count). The Hall–Kier alpha value is -0.880. The smallest absolute Gasteiger partial charge is 1.00 e. The number of nitrogens with zero attached hydrogens (tertiary/aromatic N) is 4. The summed E-state index contributed by atoms with van der Waals surface area (Å²) in [7, 11) is 0. The van der Waals surface area contributed by atoms with Crippen molar-refractivity contribution in [3.63, 3.8) is 0 Å². The average Bonchev–Trinajstić information content (AvgIpc) is 3.05. The molecule has 2 atom stereocenters. The van der Waals surface area contributed by atoms with Gasteiger partial charge in [0.2, 0.25) is 0 Å². The van der Waals surface area contributed by atoms with Crippen LogP contribution in [0.15, 0.2) is 20.2 Å². The molecule has 0 saturated heterocycles. The summed E-state index contributed by atoms with van der Waals surface area (Å²) in [6.07, 6.45) is 0. The minimum absolute atomic E-state index is 0. The number of halogens is 2. The second-order valence-corrected chi connectivity index (χ2v) is 4.84. The molecule has 0 aliphatic carbocycles. The minimum Gasteiger partial charge on any atom is -1.00 e. The SMILES string of the molecule is CC(CN=NCC(C)C1=NCCN1)C1=NCCN1.[Cl-].[Cl-].[H+].[H+]. The van der Waals surface area contributed by atoms with Gasteiger partial charge in [-0.15, -0.1) is 0 Å². The molecule has 0 amide bonds. The van der Waals surface area contributed by atoms with Crippen LogP contribution in [0.4, 0.5) is 0 Å². The first-order valence-electron chi connectivity index (χ1n) is 6.67. The third-order valence-electron chi connectivity index (χ3n) is 3.14. The van der Waals surface area contributed by atoms with Crippen molar-refractivity contribution in [3.8, 4) is 0 Å². The summed E-state index contributed by atoms with van der Waals surface area (Å²) in [5.74, 6) is 2.83. The van der Waals surface area contributed by atoms with Gasteiger partial charge in [-0.1, -0.05) is 13.8 Å². The van der Waals surface area contributed by atoms with Crippen LogP contribution in [0.2, 0.25) is 0 Å². The van der Waals surface area contributed by atoms with Gasteiger partial charge in [-0.05, 0) is 0 Å². The topological polar surface area (TPSA) is 73.5 Å². The van der Waals surface area contributed by atoms with Crippen molar-refractivity contribution in [2.45, 2.75) is 13.8 Å². The molecule has 116 valence electrons. The number of rotatable bonds is 6. The molecular formula is C12H24Cl2N6. The second kappa shape index (κ2) is 9.94. The highest BCUT2D eigenvalue weighted by Gasteiger charge is 2.14. The molecule has 2 heterocycles. The molecule has 0 spiro atoms. The van der Waals surface area contributed by atoms with Crippen LogP contribution in [0.1, 0.15) is 16.7 Å². The highest BCUT2D eigenvalue weighted by atomic mass is 35.5. The summed E-state index contributed by atoms with van der Waals surface area (Å²) < 4.78 is 0. The molecule has 0 fully saturated rings. The molecule has 6 nitrogen and oxygen atoms in total. The van der Waals surface area contributed by atoms with Crippen LogP contribution in [0.5, 0.6) is 0 Å². The quantitative estimate of drug-likeness (QED) is 0.480. The van der Waals surface area contributed by atoms with E-state index < -0.39 is 0 Å². The third-order valence-corrected chi connectivity index (χ3v) is 3.14. The van der Waals surface area contributed by atoms with E-state index in [0.717, 1.165) is 37.9 Å². The first kappa shape index (κ1) is 19.1. The molecule has 0 bridgehead atoms. The maximum absolute atomic E-state index is 4.39. The molecule has 2 aliphatic heterocycles. The van der Waals surface area contributed by atoms with Gasteiger partial charge >= 0.3 is 2.85 Å². The van der Waals surface area contributed by atoms with Crippen molar-refractivity contribution in [1.29, 1.82) is 0 Å². The predicted molar refractivity (Wildman–Crippen MR) is 75.8 cm³/mol. The first-order chi connectivity index (χ1) is 8.77. The van der Waals surface area contributed by atoms with Gasteiger partial charge < -0.3 is 35.4 Å². The molecule has 2 aliphatic rings. The van der Waals surface area contributed by atoms with Crippen molar-refractivity contribution >= 4 is 11.7 Å². The van der Waals surface area contributed by atoms with E-state index in [1.807, 2.05) is 0 Å². The Morgan fingerprint density at radius 1 is 0.950 bits per heavy atom. The third kappa shape index (κ3) is 5.63. The Labute approximate surface area is 135 Å². The van der Waals surface area contributed by atoms with Gasteiger partial charge in [-0.25, -0.2) is 0 Å². The summed E-state index contributed by atoms with van der Waals surface area (Å²) in [6, 6.07) is 0. The molecule has 0 aromatic carbocycles. The van der Waals surface area contributed by atoms with Gasteiger partial charge in [0.05, 0.1) is 26.2 Å². The normalized spacial score (nSPS) is 20.1. The fraction of sp³-hybridized carbons (Fsp3) is 0.833.